The maximum atomic E-state index is 13.2. The summed E-state index contributed by atoms with van der Waals surface area (Å²) in [6.45, 7) is 5.88. The molecular formula is C19H22ClF2N7O2S2. The second-order valence-electron chi connectivity index (χ2n) is 8.72. The van der Waals surface area contributed by atoms with Crippen molar-refractivity contribution in [1.82, 2.24) is 29.6 Å². The number of fused-ring (bicyclic) bond motifs is 1. The number of imidazole rings is 1. The van der Waals surface area contributed by atoms with Crippen LogP contribution >= 0.6 is 22.9 Å². The standard InChI is InChI=1S/C19H22ClF2N7O2S2/c1-10-8-28(6-5-23-10)12-7-11(33(30,31)27-19(2)3-4-19)9-29-13(12)14(20)24-16(29)18-26-25-17(32-18)15(21)22/h7,9-10,15,23,27H,3-6,8H2,1-2H3/t10-/m1/s1. The fraction of sp³-hybridized carbons (Fsp3) is 0.526. The number of piperazine rings is 1. The summed E-state index contributed by atoms with van der Waals surface area (Å²) in [5.74, 6) is 0.165. The van der Waals surface area contributed by atoms with Crippen molar-refractivity contribution in [2.75, 3.05) is 24.5 Å². The molecule has 1 saturated heterocycles. The summed E-state index contributed by atoms with van der Waals surface area (Å²) in [5, 5.41) is 10.5. The topological polar surface area (TPSA) is 105 Å². The number of rotatable bonds is 6. The first-order chi connectivity index (χ1) is 15.6. The summed E-state index contributed by atoms with van der Waals surface area (Å²) in [6.07, 6.45) is 0.172. The molecule has 1 aliphatic carbocycles. The van der Waals surface area contributed by atoms with Crippen LogP contribution in [0.1, 0.15) is 38.1 Å². The third-order valence-electron chi connectivity index (χ3n) is 5.87. The Morgan fingerprint density at radius 3 is 2.76 bits per heavy atom. The summed E-state index contributed by atoms with van der Waals surface area (Å²) >= 11 is 7.20. The number of pyridine rings is 1. The monoisotopic (exact) mass is 517 g/mol. The van der Waals surface area contributed by atoms with E-state index in [9.17, 15) is 17.2 Å². The first-order valence-corrected chi connectivity index (χ1v) is 13.1. The Hall–Kier alpha value is -1.93. The number of anilines is 1. The van der Waals surface area contributed by atoms with Crippen molar-refractivity contribution in [1.29, 1.82) is 0 Å². The number of alkyl halides is 2. The van der Waals surface area contributed by atoms with Crippen LogP contribution in [-0.4, -0.2) is 59.2 Å². The largest absolute Gasteiger partial charge is 0.367 e. The number of halogens is 3. The lowest BCUT2D eigenvalue weighted by Gasteiger charge is -2.34. The van der Waals surface area contributed by atoms with Gasteiger partial charge in [0.25, 0.3) is 6.43 Å². The average molecular weight is 518 g/mol. The third kappa shape index (κ3) is 4.32. The van der Waals surface area contributed by atoms with E-state index in [1.54, 1.807) is 6.07 Å². The van der Waals surface area contributed by atoms with E-state index in [2.05, 4.69) is 30.1 Å². The van der Waals surface area contributed by atoms with Crippen molar-refractivity contribution < 1.29 is 17.2 Å². The van der Waals surface area contributed by atoms with Gasteiger partial charge in [-0.2, -0.15) is 0 Å². The normalized spacial score (nSPS) is 20.7. The first kappa shape index (κ1) is 22.8. The molecule has 0 spiro atoms. The van der Waals surface area contributed by atoms with Crippen LogP contribution in [0.25, 0.3) is 16.3 Å². The summed E-state index contributed by atoms with van der Waals surface area (Å²) in [5.41, 5.74) is 0.638. The highest BCUT2D eigenvalue weighted by molar-refractivity contribution is 7.89. The summed E-state index contributed by atoms with van der Waals surface area (Å²) in [7, 11) is -3.86. The molecule has 3 aromatic heterocycles. The lowest BCUT2D eigenvalue weighted by atomic mass is 10.2. The Bertz CT molecular complexity index is 1320. The number of aromatic nitrogens is 4. The van der Waals surface area contributed by atoms with Gasteiger partial charge in [0.2, 0.25) is 10.0 Å². The van der Waals surface area contributed by atoms with E-state index in [0.717, 1.165) is 12.8 Å². The molecule has 4 heterocycles. The van der Waals surface area contributed by atoms with E-state index in [4.69, 9.17) is 11.6 Å². The highest BCUT2D eigenvalue weighted by Gasteiger charge is 2.41. The lowest BCUT2D eigenvalue weighted by Crippen LogP contribution is -2.49. The molecule has 3 aromatic rings. The Morgan fingerprint density at radius 2 is 2.12 bits per heavy atom. The molecule has 0 unspecified atom stereocenters. The van der Waals surface area contributed by atoms with Gasteiger partial charge in [-0.3, -0.25) is 4.40 Å². The molecule has 14 heteroatoms. The number of sulfonamides is 1. The van der Waals surface area contributed by atoms with Gasteiger partial charge in [0.15, 0.2) is 21.0 Å². The van der Waals surface area contributed by atoms with Crippen molar-refractivity contribution in [2.24, 2.45) is 0 Å². The number of hydrogen-bond donors (Lipinski definition) is 2. The fourth-order valence-corrected chi connectivity index (χ4v) is 6.34. The third-order valence-corrected chi connectivity index (χ3v) is 8.66. The zero-order valence-corrected chi connectivity index (χ0v) is 20.2. The van der Waals surface area contributed by atoms with Crippen LogP contribution in [0.5, 0.6) is 0 Å². The Labute approximate surface area is 198 Å². The smallest absolute Gasteiger partial charge is 0.291 e. The van der Waals surface area contributed by atoms with Gasteiger partial charge in [-0.25, -0.2) is 26.9 Å². The predicted molar refractivity (Wildman–Crippen MR) is 122 cm³/mol. The van der Waals surface area contributed by atoms with E-state index >= 15 is 0 Å². The molecular weight excluding hydrogens is 496 g/mol. The lowest BCUT2D eigenvalue weighted by molar-refractivity contribution is 0.150. The summed E-state index contributed by atoms with van der Waals surface area (Å²) < 4.78 is 57.0. The number of nitrogens with zero attached hydrogens (tertiary/aromatic N) is 5. The molecule has 0 amide bonds. The van der Waals surface area contributed by atoms with Crippen LogP contribution in [0, 0.1) is 0 Å². The molecule has 2 N–H and O–H groups in total. The fourth-order valence-electron chi connectivity index (χ4n) is 3.90. The minimum atomic E-state index is -3.86. The van der Waals surface area contributed by atoms with Gasteiger partial charge in [-0.05, 0) is 32.8 Å². The maximum absolute atomic E-state index is 13.2. The highest BCUT2D eigenvalue weighted by atomic mass is 35.5. The minimum absolute atomic E-state index is 0.0400. The zero-order valence-electron chi connectivity index (χ0n) is 17.8. The molecule has 9 nitrogen and oxygen atoms in total. The molecule has 5 rings (SSSR count). The molecule has 0 bridgehead atoms. The van der Waals surface area contributed by atoms with E-state index in [0.29, 0.717) is 42.2 Å². The minimum Gasteiger partial charge on any atom is -0.367 e. The molecule has 0 radical (unpaired) electrons. The van der Waals surface area contributed by atoms with E-state index in [1.165, 1.54) is 10.6 Å². The van der Waals surface area contributed by atoms with E-state index in [-0.39, 0.29) is 26.9 Å². The SMILES string of the molecule is C[C@@H]1CN(c2cc(S(=O)(=O)NC3(C)CC3)cn3c(-c4nnc(C(F)F)s4)nc(Cl)c23)CCN1. The molecule has 1 saturated carbocycles. The van der Waals surface area contributed by atoms with Gasteiger partial charge in [-0.15, -0.1) is 10.2 Å². The van der Waals surface area contributed by atoms with Crippen molar-refractivity contribution >= 4 is 44.2 Å². The molecule has 1 atom stereocenters. The maximum Gasteiger partial charge on any atom is 0.291 e. The van der Waals surface area contributed by atoms with Gasteiger partial charge in [0.1, 0.15) is 10.4 Å². The molecule has 2 aliphatic rings. The van der Waals surface area contributed by atoms with Gasteiger partial charge < -0.3 is 10.2 Å². The number of nitrogens with one attached hydrogen (secondary N) is 2. The van der Waals surface area contributed by atoms with Crippen LogP contribution < -0.4 is 14.9 Å². The average Bonchev–Trinajstić information content (AvgIpc) is 3.14. The van der Waals surface area contributed by atoms with Crippen LogP contribution in [0.3, 0.4) is 0 Å². The quantitative estimate of drug-likeness (QED) is 0.517. The zero-order chi connectivity index (χ0) is 23.5. The van der Waals surface area contributed by atoms with Crippen LogP contribution in [0.4, 0.5) is 14.5 Å². The Kier molecular flexibility index (Phi) is 5.59. The highest BCUT2D eigenvalue weighted by Crippen LogP contribution is 2.39. The molecule has 2 fully saturated rings. The summed E-state index contributed by atoms with van der Waals surface area (Å²) in [6, 6.07) is 1.78. The summed E-state index contributed by atoms with van der Waals surface area (Å²) in [4.78, 5) is 6.44. The molecule has 0 aromatic carbocycles. The van der Waals surface area contributed by atoms with Crippen LogP contribution in [-0.2, 0) is 10.0 Å². The van der Waals surface area contributed by atoms with Gasteiger partial charge in [0.05, 0.1) is 5.69 Å². The van der Waals surface area contributed by atoms with E-state index in [1.807, 2.05) is 13.8 Å². The Morgan fingerprint density at radius 1 is 1.36 bits per heavy atom. The van der Waals surface area contributed by atoms with Gasteiger partial charge in [0, 0.05) is 37.4 Å². The van der Waals surface area contributed by atoms with Crippen molar-refractivity contribution in [3.05, 3.63) is 22.4 Å². The van der Waals surface area contributed by atoms with Crippen molar-refractivity contribution in [3.8, 4) is 10.8 Å². The van der Waals surface area contributed by atoms with Crippen molar-refractivity contribution in [3.63, 3.8) is 0 Å². The number of hydrogen-bond acceptors (Lipinski definition) is 8. The second-order valence-corrected chi connectivity index (χ2v) is 11.8. The molecule has 1 aliphatic heterocycles. The van der Waals surface area contributed by atoms with E-state index < -0.39 is 27.0 Å². The predicted octanol–water partition coefficient (Wildman–Crippen LogP) is 3.07. The van der Waals surface area contributed by atoms with Gasteiger partial charge >= 0.3 is 0 Å². The Balaban J connectivity index is 1.71. The first-order valence-electron chi connectivity index (χ1n) is 10.4. The molecule has 178 valence electrons. The molecule has 33 heavy (non-hydrogen) atoms. The second kappa shape index (κ2) is 8.08. The van der Waals surface area contributed by atoms with Crippen molar-refractivity contribution in [2.45, 2.75) is 49.6 Å². The van der Waals surface area contributed by atoms with Crippen LogP contribution in [0.2, 0.25) is 5.15 Å². The van der Waals surface area contributed by atoms with Gasteiger partial charge in [-0.1, -0.05) is 22.9 Å². The van der Waals surface area contributed by atoms with Crippen LogP contribution in [0.15, 0.2) is 17.2 Å².